The molecular weight excluding hydrogens is 152 g/mol. The van der Waals surface area contributed by atoms with Gasteiger partial charge < -0.3 is 5.11 Å². The minimum absolute atomic E-state index is 0.822. The minimum Gasteiger partial charge on any atom is -0.478 e. The van der Waals surface area contributed by atoms with E-state index in [0.717, 1.165) is 32.1 Å². The second-order valence-electron chi connectivity index (χ2n) is 2.54. The number of rotatable bonds is 6. The molecule has 0 unspecified atom stereocenters. The zero-order valence-corrected chi connectivity index (χ0v) is 7.12. The molecular formula is C10H14O2. The number of terminal acetylenes is 1. The molecule has 12 heavy (non-hydrogen) atoms. The Hall–Kier alpha value is -1.23. The van der Waals surface area contributed by atoms with Gasteiger partial charge in [0.25, 0.3) is 0 Å². The number of carbonyl (C=O) groups is 1. The first-order valence-corrected chi connectivity index (χ1v) is 4.10. The fourth-order valence-electron chi connectivity index (χ4n) is 0.850. The van der Waals surface area contributed by atoms with E-state index in [4.69, 9.17) is 11.5 Å². The standard InChI is InChI=1S/C10H14O2/c1-2-3-4-5-6-7-8-9-10(11)12/h1,8-9H,3-7H2,(H,11,12)/b9-8-. The largest absolute Gasteiger partial charge is 0.478 e. The van der Waals surface area contributed by atoms with Gasteiger partial charge in [-0.2, -0.15) is 0 Å². The van der Waals surface area contributed by atoms with Gasteiger partial charge in [-0.15, -0.1) is 12.3 Å². The van der Waals surface area contributed by atoms with Crippen LogP contribution in [0.2, 0.25) is 0 Å². The Morgan fingerprint density at radius 2 is 2.17 bits per heavy atom. The van der Waals surface area contributed by atoms with E-state index in [-0.39, 0.29) is 0 Å². The van der Waals surface area contributed by atoms with Gasteiger partial charge in [-0.25, -0.2) is 4.79 Å². The summed E-state index contributed by atoms with van der Waals surface area (Å²) in [6.45, 7) is 0. The van der Waals surface area contributed by atoms with Crippen molar-refractivity contribution in [1.82, 2.24) is 0 Å². The summed E-state index contributed by atoms with van der Waals surface area (Å²) in [4.78, 5) is 10.0. The molecule has 2 heteroatoms. The van der Waals surface area contributed by atoms with E-state index in [0.29, 0.717) is 0 Å². The number of aliphatic carboxylic acids is 1. The van der Waals surface area contributed by atoms with Gasteiger partial charge in [-0.05, 0) is 19.3 Å². The first-order valence-electron chi connectivity index (χ1n) is 4.10. The molecule has 0 fully saturated rings. The van der Waals surface area contributed by atoms with Crippen molar-refractivity contribution in [3.8, 4) is 12.3 Å². The van der Waals surface area contributed by atoms with E-state index in [9.17, 15) is 4.79 Å². The summed E-state index contributed by atoms with van der Waals surface area (Å²) in [7, 11) is 0. The Labute approximate surface area is 73.3 Å². The Morgan fingerprint density at radius 3 is 2.75 bits per heavy atom. The smallest absolute Gasteiger partial charge is 0.327 e. The third-order valence-corrected chi connectivity index (χ3v) is 1.45. The summed E-state index contributed by atoms with van der Waals surface area (Å²) in [6.07, 6.45) is 12.7. The molecule has 0 aromatic carbocycles. The zero-order chi connectivity index (χ0) is 9.23. The molecule has 0 aliphatic carbocycles. The Kier molecular flexibility index (Phi) is 7.07. The van der Waals surface area contributed by atoms with Crippen LogP contribution in [0.5, 0.6) is 0 Å². The fraction of sp³-hybridized carbons (Fsp3) is 0.500. The van der Waals surface area contributed by atoms with Crippen molar-refractivity contribution in [2.45, 2.75) is 32.1 Å². The van der Waals surface area contributed by atoms with E-state index >= 15 is 0 Å². The number of allylic oxidation sites excluding steroid dienone is 1. The number of unbranched alkanes of at least 4 members (excludes halogenated alkanes) is 4. The van der Waals surface area contributed by atoms with Crippen molar-refractivity contribution in [1.29, 1.82) is 0 Å². The van der Waals surface area contributed by atoms with Gasteiger partial charge in [0.15, 0.2) is 0 Å². The van der Waals surface area contributed by atoms with E-state index in [2.05, 4.69) is 5.92 Å². The SMILES string of the molecule is C#CCCCCC/C=C\C(=O)O. The molecule has 0 aromatic rings. The predicted octanol–water partition coefficient (Wildman–Crippen LogP) is 2.21. The lowest BCUT2D eigenvalue weighted by Gasteiger charge is -1.92. The van der Waals surface area contributed by atoms with Crippen LogP contribution < -0.4 is 0 Å². The molecule has 0 aliphatic rings. The molecule has 0 saturated heterocycles. The fourth-order valence-corrected chi connectivity index (χ4v) is 0.850. The highest BCUT2D eigenvalue weighted by atomic mass is 16.4. The van der Waals surface area contributed by atoms with Crippen molar-refractivity contribution < 1.29 is 9.90 Å². The van der Waals surface area contributed by atoms with Gasteiger partial charge in [0.1, 0.15) is 0 Å². The minimum atomic E-state index is -0.876. The van der Waals surface area contributed by atoms with Crippen LogP contribution in [0.1, 0.15) is 32.1 Å². The van der Waals surface area contributed by atoms with Crippen molar-refractivity contribution in [2.24, 2.45) is 0 Å². The molecule has 0 amide bonds. The number of carboxylic acid groups (broad SMARTS) is 1. The number of carboxylic acids is 1. The van der Waals surface area contributed by atoms with Gasteiger partial charge in [-0.1, -0.05) is 12.5 Å². The summed E-state index contributed by atoms with van der Waals surface area (Å²) in [5, 5.41) is 8.24. The second-order valence-corrected chi connectivity index (χ2v) is 2.54. The second kappa shape index (κ2) is 7.87. The van der Waals surface area contributed by atoms with E-state index in [1.165, 1.54) is 6.08 Å². The van der Waals surface area contributed by atoms with Crippen LogP contribution in [0.25, 0.3) is 0 Å². The molecule has 0 heterocycles. The first-order chi connectivity index (χ1) is 5.77. The van der Waals surface area contributed by atoms with Crippen LogP contribution in [-0.2, 0) is 4.79 Å². The average molecular weight is 166 g/mol. The topological polar surface area (TPSA) is 37.3 Å². The first kappa shape index (κ1) is 10.8. The third-order valence-electron chi connectivity index (χ3n) is 1.45. The summed E-state index contributed by atoms with van der Waals surface area (Å²) in [5.41, 5.74) is 0. The summed E-state index contributed by atoms with van der Waals surface area (Å²) >= 11 is 0. The molecule has 0 saturated carbocycles. The molecule has 1 N–H and O–H groups in total. The summed E-state index contributed by atoms with van der Waals surface area (Å²) in [6, 6.07) is 0. The Balaban J connectivity index is 3.11. The van der Waals surface area contributed by atoms with Gasteiger partial charge >= 0.3 is 5.97 Å². The Bertz CT molecular complexity index is 187. The van der Waals surface area contributed by atoms with Crippen LogP contribution in [0.4, 0.5) is 0 Å². The summed E-state index contributed by atoms with van der Waals surface area (Å²) in [5.74, 6) is 1.69. The maximum absolute atomic E-state index is 10.0. The van der Waals surface area contributed by atoms with Crippen LogP contribution in [-0.4, -0.2) is 11.1 Å². The zero-order valence-electron chi connectivity index (χ0n) is 7.12. The Morgan fingerprint density at radius 1 is 1.42 bits per heavy atom. The molecule has 66 valence electrons. The van der Waals surface area contributed by atoms with Crippen molar-refractivity contribution >= 4 is 5.97 Å². The molecule has 0 aromatic heterocycles. The highest BCUT2D eigenvalue weighted by Crippen LogP contribution is 2.02. The quantitative estimate of drug-likeness (QED) is 0.373. The van der Waals surface area contributed by atoms with Crippen molar-refractivity contribution in [2.75, 3.05) is 0 Å². The highest BCUT2D eigenvalue weighted by Gasteiger charge is 1.87. The lowest BCUT2D eigenvalue weighted by molar-refractivity contribution is -0.131. The molecule has 0 bridgehead atoms. The maximum Gasteiger partial charge on any atom is 0.327 e. The maximum atomic E-state index is 10.0. The molecule has 0 radical (unpaired) electrons. The van der Waals surface area contributed by atoms with E-state index < -0.39 is 5.97 Å². The van der Waals surface area contributed by atoms with Gasteiger partial charge in [0, 0.05) is 12.5 Å². The van der Waals surface area contributed by atoms with Gasteiger partial charge in [-0.3, -0.25) is 0 Å². The van der Waals surface area contributed by atoms with Crippen LogP contribution in [0, 0.1) is 12.3 Å². The third kappa shape index (κ3) is 8.77. The molecule has 0 aliphatic heterocycles. The average Bonchev–Trinajstić information content (AvgIpc) is 2.02. The molecule has 0 atom stereocenters. The number of hydrogen-bond donors (Lipinski definition) is 1. The normalized spacial score (nSPS) is 9.92. The van der Waals surface area contributed by atoms with E-state index in [1.54, 1.807) is 6.08 Å². The predicted molar refractivity (Wildman–Crippen MR) is 48.7 cm³/mol. The monoisotopic (exact) mass is 166 g/mol. The summed E-state index contributed by atoms with van der Waals surface area (Å²) < 4.78 is 0. The van der Waals surface area contributed by atoms with Crippen molar-refractivity contribution in [3.05, 3.63) is 12.2 Å². The molecule has 0 rings (SSSR count). The lowest BCUT2D eigenvalue weighted by atomic mass is 10.1. The molecule has 2 nitrogen and oxygen atoms in total. The van der Waals surface area contributed by atoms with Crippen LogP contribution in [0.15, 0.2) is 12.2 Å². The van der Waals surface area contributed by atoms with Gasteiger partial charge in [0.05, 0.1) is 0 Å². The van der Waals surface area contributed by atoms with E-state index in [1.807, 2.05) is 0 Å². The van der Waals surface area contributed by atoms with Crippen LogP contribution >= 0.6 is 0 Å². The highest BCUT2D eigenvalue weighted by molar-refractivity contribution is 5.79. The van der Waals surface area contributed by atoms with Gasteiger partial charge in [0.2, 0.25) is 0 Å². The molecule has 0 spiro atoms. The lowest BCUT2D eigenvalue weighted by Crippen LogP contribution is -1.85. The number of hydrogen-bond acceptors (Lipinski definition) is 1. The van der Waals surface area contributed by atoms with Crippen molar-refractivity contribution in [3.63, 3.8) is 0 Å². The van der Waals surface area contributed by atoms with Crippen LogP contribution in [0.3, 0.4) is 0 Å².